The lowest BCUT2D eigenvalue weighted by Gasteiger charge is -2.15. The first-order valence-corrected chi connectivity index (χ1v) is 6.85. The first-order valence-electron chi connectivity index (χ1n) is 6.85. The lowest BCUT2D eigenvalue weighted by molar-refractivity contribution is 0.296. The van der Waals surface area contributed by atoms with Gasteiger partial charge in [0.1, 0.15) is 11.5 Å². The van der Waals surface area contributed by atoms with E-state index in [2.05, 4.69) is 12.1 Å². The van der Waals surface area contributed by atoms with Gasteiger partial charge >= 0.3 is 0 Å². The quantitative estimate of drug-likeness (QED) is 0.841. The summed E-state index contributed by atoms with van der Waals surface area (Å²) in [6.07, 6.45) is 0.901. The van der Waals surface area contributed by atoms with Crippen LogP contribution in [0.5, 0.6) is 11.5 Å². The van der Waals surface area contributed by atoms with Crippen molar-refractivity contribution in [1.82, 2.24) is 0 Å². The molecule has 0 fully saturated rings. The van der Waals surface area contributed by atoms with E-state index in [1.54, 1.807) is 7.11 Å². The average Bonchev–Trinajstić information content (AvgIpc) is 2.52. The number of rotatable bonds is 7. The van der Waals surface area contributed by atoms with Crippen LogP contribution in [0, 0.1) is 0 Å². The van der Waals surface area contributed by atoms with Gasteiger partial charge in [0.25, 0.3) is 0 Å². The van der Waals surface area contributed by atoms with Crippen LogP contribution in [0.25, 0.3) is 0 Å². The second kappa shape index (κ2) is 7.56. The first-order chi connectivity index (χ1) is 9.83. The van der Waals surface area contributed by atoms with Crippen LogP contribution in [-0.2, 0) is 0 Å². The van der Waals surface area contributed by atoms with Crippen molar-refractivity contribution in [2.24, 2.45) is 5.73 Å². The number of hydrogen-bond acceptors (Lipinski definition) is 3. The maximum Gasteiger partial charge on any atom is 0.122 e. The molecule has 0 spiro atoms. The van der Waals surface area contributed by atoms with Gasteiger partial charge in [-0.3, -0.25) is 0 Å². The largest absolute Gasteiger partial charge is 0.497 e. The Labute approximate surface area is 120 Å². The fraction of sp³-hybridized carbons (Fsp3) is 0.294. The molecule has 3 heteroatoms. The summed E-state index contributed by atoms with van der Waals surface area (Å²) in [7, 11) is 1.65. The normalized spacial score (nSPS) is 11.9. The summed E-state index contributed by atoms with van der Waals surface area (Å²) in [6, 6.07) is 18.0. The summed E-state index contributed by atoms with van der Waals surface area (Å²) in [5.41, 5.74) is 7.12. The summed E-state index contributed by atoms with van der Waals surface area (Å²) in [5, 5.41) is 0. The van der Waals surface area contributed by atoms with E-state index < -0.39 is 0 Å². The van der Waals surface area contributed by atoms with Crippen molar-refractivity contribution in [1.29, 1.82) is 0 Å². The Balaban J connectivity index is 1.88. The molecule has 106 valence electrons. The first kappa shape index (κ1) is 14.4. The fourth-order valence-electron chi connectivity index (χ4n) is 2.16. The van der Waals surface area contributed by atoms with E-state index >= 15 is 0 Å². The molecule has 3 nitrogen and oxygen atoms in total. The Morgan fingerprint density at radius 2 is 1.75 bits per heavy atom. The summed E-state index contributed by atoms with van der Waals surface area (Å²) < 4.78 is 10.9. The maximum absolute atomic E-state index is 5.85. The van der Waals surface area contributed by atoms with Gasteiger partial charge in [-0.05, 0) is 36.6 Å². The molecule has 0 aliphatic rings. The van der Waals surface area contributed by atoms with E-state index in [0.29, 0.717) is 19.1 Å². The van der Waals surface area contributed by atoms with Crippen LogP contribution in [0.3, 0.4) is 0 Å². The lowest BCUT2D eigenvalue weighted by atomic mass is 9.96. The summed E-state index contributed by atoms with van der Waals surface area (Å²) in [6.45, 7) is 1.27. The minimum atomic E-state index is 0.335. The molecule has 0 heterocycles. The topological polar surface area (TPSA) is 44.5 Å². The molecule has 1 unspecified atom stereocenters. The van der Waals surface area contributed by atoms with Crippen LogP contribution in [-0.4, -0.2) is 20.3 Å². The predicted molar refractivity (Wildman–Crippen MR) is 81.3 cm³/mol. The van der Waals surface area contributed by atoms with Crippen LogP contribution < -0.4 is 15.2 Å². The van der Waals surface area contributed by atoms with Crippen LogP contribution in [0.4, 0.5) is 0 Å². The molecule has 20 heavy (non-hydrogen) atoms. The molecule has 0 radical (unpaired) electrons. The van der Waals surface area contributed by atoms with Gasteiger partial charge in [0.2, 0.25) is 0 Å². The number of benzene rings is 2. The zero-order chi connectivity index (χ0) is 14.2. The van der Waals surface area contributed by atoms with Crippen LogP contribution >= 0.6 is 0 Å². The van der Waals surface area contributed by atoms with Gasteiger partial charge in [-0.1, -0.05) is 36.4 Å². The molecule has 0 saturated heterocycles. The molecule has 2 aromatic rings. The highest BCUT2D eigenvalue weighted by Crippen LogP contribution is 2.21. The van der Waals surface area contributed by atoms with E-state index in [1.807, 2.05) is 42.5 Å². The number of methoxy groups -OCH3 is 1. The third-order valence-corrected chi connectivity index (χ3v) is 3.33. The van der Waals surface area contributed by atoms with Crippen molar-refractivity contribution in [2.75, 3.05) is 20.3 Å². The number of nitrogens with two attached hydrogens (primary N) is 1. The summed E-state index contributed by atoms with van der Waals surface area (Å²) in [5.74, 6) is 1.97. The second-order valence-corrected chi connectivity index (χ2v) is 4.66. The molecule has 0 bridgehead atoms. The van der Waals surface area contributed by atoms with Gasteiger partial charge in [0.05, 0.1) is 13.7 Å². The molecule has 0 amide bonds. The Bertz CT molecular complexity index is 513. The average molecular weight is 271 g/mol. The Morgan fingerprint density at radius 1 is 1.00 bits per heavy atom. The molecule has 2 N–H and O–H groups in total. The molecule has 2 aromatic carbocycles. The maximum atomic E-state index is 5.85. The zero-order valence-corrected chi connectivity index (χ0v) is 11.8. The Hall–Kier alpha value is -2.00. The molecular formula is C17H21NO2. The summed E-state index contributed by atoms with van der Waals surface area (Å²) in [4.78, 5) is 0. The number of hydrogen-bond donors (Lipinski definition) is 1. The van der Waals surface area contributed by atoms with Crippen molar-refractivity contribution in [2.45, 2.75) is 12.3 Å². The minimum absolute atomic E-state index is 0.335. The molecular weight excluding hydrogens is 250 g/mol. The van der Waals surface area contributed by atoms with E-state index in [9.17, 15) is 0 Å². The van der Waals surface area contributed by atoms with Gasteiger partial charge in [0, 0.05) is 6.07 Å². The minimum Gasteiger partial charge on any atom is -0.497 e. The van der Waals surface area contributed by atoms with Crippen molar-refractivity contribution in [3.8, 4) is 11.5 Å². The van der Waals surface area contributed by atoms with Crippen molar-refractivity contribution >= 4 is 0 Å². The van der Waals surface area contributed by atoms with Gasteiger partial charge in [-0.15, -0.1) is 0 Å². The van der Waals surface area contributed by atoms with E-state index in [-0.39, 0.29) is 0 Å². The lowest BCUT2D eigenvalue weighted by Crippen LogP contribution is -2.15. The zero-order valence-electron chi connectivity index (χ0n) is 11.8. The monoisotopic (exact) mass is 271 g/mol. The van der Waals surface area contributed by atoms with Crippen LogP contribution in [0.15, 0.2) is 54.6 Å². The highest BCUT2D eigenvalue weighted by molar-refractivity contribution is 5.32. The molecule has 0 aliphatic carbocycles. The van der Waals surface area contributed by atoms with Crippen LogP contribution in [0.2, 0.25) is 0 Å². The SMILES string of the molecule is COc1cccc(OCCC(CN)c2ccccc2)c1. The fourth-order valence-corrected chi connectivity index (χ4v) is 2.16. The Morgan fingerprint density at radius 3 is 2.45 bits per heavy atom. The van der Waals surface area contributed by atoms with Crippen LogP contribution in [0.1, 0.15) is 17.9 Å². The van der Waals surface area contributed by atoms with Crippen molar-refractivity contribution in [3.63, 3.8) is 0 Å². The molecule has 1 atom stereocenters. The molecule has 0 saturated carbocycles. The molecule has 0 aromatic heterocycles. The van der Waals surface area contributed by atoms with E-state index in [0.717, 1.165) is 17.9 Å². The van der Waals surface area contributed by atoms with Gasteiger partial charge in [-0.2, -0.15) is 0 Å². The molecule has 0 aliphatic heterocycles. The highest BCUT2D eigenvalue weighted by Gasteiger charge is 2.09. The second-order valence-electron chi connectivity index (χ2n) is 4.66. The predicted octanol–water partition coefficient (Wildman–Crippen LogP) is 3.21. The Kier molecular flexibility index (Phi) is 5.44. The van der Waals surface area contributed by atoms with E-state index in [1.165, 1.54) is 5.56 Å². The van der Waals surface area contributed by atoms with E-state index in [4.69, 9.17) is 15.2 Å². The molecule has 2 rings (SSSR count). The van der Waals surface area contributed by atoms with Gasteiger partial charge < -0.3 is 15.2 Å². The van der Waals surface area contributed by atoms with Gasteiger partial charge in [-0.25, -0.2) is 0 Å². The van der Waals surface area contributed by atoms with Gasteiger partial charge in [0.15, 0.2) is 0 Å². The number of ether oxygens (including phenoxy) is 2. The third-order valence-electron chi connectivity index (χ3n) is 3.33. The summed E-state index contributed by atoms with van der Waals surface area (Å²) >= 11 is 0. The third kappa shape index (κ3) is 4.00. The smallest absolute Gasteiger partial charge is 0.122 e. The highest BCUT2D eigenvalue weighted by atomic mass is 16.5. The van der Waals surface area contributed by atoms with Crippen molar-refractivity contribution in [3.05, 3.63) is 60.2 Å². The van der Waals surface area contributed by atoms with Crippen molar-refractivity contribution < 1.29 is 9.47 Å². The standard InChI is InChI=1S/C17H21NO2/c1-19-16-8-5-9-17(12-16)20-11-10-15(13-18)14-6-3-2-4-7-14/h2-9,12,15H,10-11,13,18H2,1H3.